The Balaban J connectivity index is -0.0000000800. The van der Waals surface area contributed by atoms with Crippen LogP contribution in [-0.2, 0) is 32.7 Å². The van der Waals surface area contributed by atoms with E-state index >= 15 is 0 Å². The maximum absolute atomic E-state index is 2.18. The Morgan fingerprint density at radius 2 is 1.86 bits per heavy atom. The van der Waals surface area contributed by atoms with Crippen molar-refractivity contribution in [2.24, 2.45) is 0 Å². The first-order valence-corrected chi connectivity index (χ1v) is 2.19. The summed E-state index contributed by atoms with van der Waals surface area (Å²) in [6.07, 6.45) is 4.73. The van der Waals surface area contributed by atoms with Crippen LogP contribution in [0, 0.1) is 13.8 Å². The summed E-state index contributed by atoms with van der Waals surface area (Å²) in [7, 11) is 0. The van der Waals surface area contributed by atoms with E-state index in [0.29, 0.717) is 0 Å². The summed E-state index contributed by atoms with van der Waals surface area (Å²) in [6, 6.07) is 0. The van der Waals surface area contributed by atoms with Crippen molar-refractivity contribution in [3.8, 4) is 0 Å². The second-order valence-corrected chi connectivity index (χ2v) is 1.20. The van der Waals surface area contributed by atoms with Gasteiger partial charge in [0.05, 0.1) is 0 Å². The second-order valence-electron chi connectivity index (χ2n) is 1.20. The van der Waals surface area contributed by atoms with E-state index < -0.39 is 0 Å². The first kappa shape index (κ1) is 15.7. The van der Waals surface area contributed by atoms with Gasteiger partial charge in [-0.2, -0.15) is 13.3 Å². The van der Waals surface area contributed by atoms with Crippen molar-refractivity contribution in [2.45, 2.75) is 26.7 Å². The van der Waals surface area contributed by atoms with E-state index in [1.54, 1.807) is 0 Å². The summed E-state index contributed by atoms with van der Waals surface area (Å²) < 4.78 is 0. The Morgan fingerprint density at radius 1 is 1.43 bits per heavy atom. The molecule has 1 radical (unpaired) electrons. The van der Waals surface area contributed by atoms with Gasteiger partial charge in [-0.15, -0.1) is 0 Å². The van der Waals surface area contributed by atoms with Crippen LogP contribution in [0.1, 0.15) is 26.7 Å². The molecular formula is C6H14Y-2. The van der Waals surface area contributed by atoms with Crippen LogP contribution in [0.4, 0.5) is 0 Å². The summed E-state index contributed by atoms with van der Waals surface area (Å²) >= 11 is 0. The average Bonchev–Trinajstić information content (AvgIpc) is 1.41. The molecule has 0 nitrogen and oxygen atoms in total. The minimum Gasteiger partial charge on any atom is -0.358 e. The van der Waals surface area contributed by atoms with Crippen LogP contribution < -0.4 is 0 Å². The molecule has 0 aliphatic heterocycles. The molecule has 43 valence electrons. The Labute approximate surface area is 73.0 Å². The summed E-state index contributed by atoms with van der Waals surface area (Å²) in [5.41, 5.74) is 0. The summed E-state index contributed by atoms with van der Waals surface area (Å²) in [5.74, 6) is 0. The first-order chi connectivity index (χ1) is 2.41. The minimum absolute atomic E-state index is 0. The molecule has 0 saturated carbocycles. The van der Waals surface area contributed by atoms with E-state index in [1.165, 1.54) is 12.8 Å². The molecule has 0 heterocycles. The molecule has 0 spiro atoms. The van der Waals surface area contributed by atoms with E-state index in [2.05, 4.69) is 20.3 Å². The third kappa shape index (κ3) is 19.2. The van der Waals surface area contributed by atoms with Crippen LogP contribution in [0.3, 0.4) is 0 Å². The minimum atomic E-state index is 0. The molecule has 0 aliphatic rings. The Bertz CT molecular complexity index is 11.7. The van der Waals surface area contributed by atoms with Gasteiger partial charge in [-0.25, -0.2) is 0 Å². The van der Waals surface area contributed by atoms with E-state index in [-0.39, 0.29) is 40.1 Å². The largest absolute Gasteiger partial charge is 0.358 e. The molecule has 0 aromatic heterocycles. The van der Waals surface area contributed by atoms with Crippen LogP contribution in [0.15, 0.2) is 0 Å². The monoisotopic (exact) mass is 175 g/mol. The zero-order valence-corrected chi connectivity index (χ0v) is 8.41. The SMILES string of the molecule is C[CH-]CCC.[CH3-].[Y]. The van der Waals surface area contributed by atoms with Gasteiger partial charge in [0, 0.05) is 32.7 Å². The van der Waals surface area contributed by atoms with Gasteiger partial charge in [-0.1, -0.05) is 13.3 Å². The molecule has 1 heteroatoms. The summed E-state index contributed by atoms with van der Waals surface area (Å²) in [4.78, 5) is 0. The molecule has 0 unspecified atom stereocenters. The van der Waals surface area contributed by atoms with Crippen LogP contribution in [-0.4, -0.2) is 0 Å². The van der Waals surface area contributed by atoms with Gasteiger partial charge in [0.15, 0.2) is 0 Å². The Morgan fingerprint density at radius 3 is 1.86 bits per heavy atom. The molecule has 0 aliphatic carbocycles. The molecule has 0 rings (SSSR count). The van der Waals surface area contributed by atoms with Crippen molar-refractivity contribution in [1.29, 1.82) is 0 Å². The number of unbranched alkanes of at least 4 members (excludes halogenated alkanes) is 2. The fraction of sp³-hybridized carbons (Fsp3) is 0.667. The number of rotatable bonds is 2. The van der Waals surface area contributed by atoms with Gasteiger partial charge in [0.1, 0.15) is 0 Å². The molecule has 0 N–H and O–H groups in total. The van der Waals surface area contributed by atoms with Crippen molar-refractivity contribution >= 4 is 0 Å². The molecule has 0 bridgehead atoms. The first-order valence-electron chi connectivity index (χ1n) is 2.19. The third-order valence-corrected chi connectivity index (χ3v) is 0.577. The smallest absolute Gasteiger partial charge is 0 e. The normalized spacial score (nSPS) is 6.00. The van der Waals surface area contributed by atoms with E-state index in [4.69, 9.17) is 0 Å². The third-order valence-electron chi connectivity index (χ3n) is 0.577. The maximum atomic E-state index is 2.18. The molecule has 7 heavy (non-hydrogen) atoms. The van der Waals surface area contributed by atoms with Crippen LogP contribution in [0.5, 0.6) is 0 Å². The maximum Gasteiger partial charge on any atom is 0 e. The van der Waals surface area contributed by atoms with Crippen LogP contribution >= 0.6 is 0 Å². The standard InChI is InChI=1S/C5H11.CH3.Y/c1-3-5-4-2;;/h3H,4-5H2,1-2H3;1H3;/q2*-1;. The van der Waals surface area contributed by atoms with Crippen molar-refractivity contribution in [3.05, 3.63) is 13.8 Å². The predicted molar refractivity (Wildman–Crippen MR) is 31.3 cm³/mol. The van der Waals surface area contributed by atoms with Gasteiger partial charge in [0.25, 0.3) is 0 Å². The van der Waals surface area contributed by atoms with E-state index in [9.17, 15) is 0 Å². The van der Waals surface area contributed by atoms with Gasteiger partial charge < -0.3 is 13.8 Å². The molecule has 0 saturated heterocycles. The molecule has 0 amide bonds. The number of hydrogen-bond donors (Lipinski definition) is 0. The zero-order valence-electron chi connectivity index (χ0n) is 5.57. The van der Waals surface area contributed by atoms with Crippen LogP contribution in [0.25, 0.3) is 0 Å². The Hall–Kier alpha value is 1.10. The van der Waals surface area contributed by atoms with Crippen molar-refractivity contribution < 1.29 is 32.7 Å². The van der Waals surface area contributed by atoms with Crippen LogP contribution in [0.2, 0.25) is 0 Å². The van der Waals surface area contributed by atoms with Crippen molar-refractivity contribution in [2.75, 3.05) is 0 Å². The van der Waals surface area contributed by atoms with Gasteiger partial charge in [-0.05, 0) is 0 Å². The summed E-state index contributed by atoms with van der Waals surface area (Å²) in [6.45, 7) is 4.27. The molecular weight excluding hydrogens is 161 g/mol. The second kappa shape index (κ2) is 15.7. The number of hydrogen-bond acceptors (Lipinski definition) is 0. The van der Waals surface area contributed by atoms with Gasteiger partial charge in [-0.3, -0.25) is 0 Å². The Kier molecular flexibility index (Phi) is 35.2. The van der Waals surface area contributed by atoms with Crippen molar-refractivity contribution in [3.63, 3.8) is 0 Å². The topological polar surface area (TPSA) is 0 Å². The predicted octanol–water partition coefficient (Wildman–Crippen LogP) is 2.46. The molecule has 0 aromatic carbocycles. The molecule has 0 atom stereocenters. The summed E-state index contributed by atoms with van der Waals surface area (Å²) in [5, 5.41) is 0. The van der Waals surface area contributed by atoms with Crippen molar-refractivity contribution in [1.82, 2.24) is 0 Å². The quantitative estimate of drug-likeness (QED) is 0.565. The fourth-order valence-electron chi connectivity index (χ4n) is 0.289. The van der Waals surface area contributed by atoms with Gasteiger partial charge in [0.2, 0.25) is 0 Å². The van der Waals surface area contributed by atoms with E-state index in [0.717, 1.165) is 0 Å². The molecule has 0 fully saturated rings. The van der Waals surface area contributed by atoms with E-state index in [1.807, 2.05) is 0 Å². The molecule has 0 aromatic rings. The fourth-order valence-corrected chi connectivity index (χ4v) is 0.289. The van der Waals surface area contributed by atoms with Gasteiger partial charge >= 0.3 is 0 Å². The average molecular weight is 175 g/mol. The zero-order chi connectivity index (χ0) is 4.12.